The highest BCUT2D eigenvalue weighted by molar-refractivity contribution is 7.12. The summed E-state index contributed by atoms with van der Waals surface area (Å²) >= 11 is 1.33. The van der Waals surface area contributed by atoms with Gasteiger partial charge in [-0.15, -0.1) is 11.3 Å². The van der Waals surface area contributed by atoms with Crippen molar-refractivity contribution in [3.05, 3.63) is 51.7 Å². The van der Waals surface area contributed by atoms with Crippen LogP contribution in [-0.4, -0.2) is 41.8 Å². The van der Waals surface area contributed by atoms with Crippen LogP contribution in [0.5, 0.6) is 0 Å². The van der Waals surface area contributed by atoms with E-state index in [2.05, 4.69) is 10.6 Å². The molecular weight excluding hydrogens is 350 g/mol. The summed E-state index contributed by atoms with van der Waals surface area (Å²) in [6.07, 6.45) is -0.0735. The molecule has 136 valence electrons. The molecule has 3 rings (SSSR count). The van der Waals surface area contributed by atoms with Gasteiger partial charge < -0.3 is 15.5 Å². The maximum absolute atomic E-state index is 12.7. The van der Waals surface area contributed by atoms with Crippen molar-refractivity contribution in [2.45, 2.75) is 26.3 Å². The van der Waals surface area contributed by atoms with Gasteiger partial charge in [0.25, 0.3) is 5.91 Å². The Morgan fingerprint density at radius 2 is 2.00 bits per heavy atom. The third kappa shape index (κ3) is 4.11. The molecule has 2 N–H and O–H groups in total. The quantitative estimate of drug-likeness (QED) is 0.866. The molecule has 1 aromatic carbocycles. The third-order valence-corrected chi connectivity index (χ3v) is 5.07. The summed E-state index contributed by atoms with van der Waals surface area (Å²) in [7, 11) is 0. The number of thiophene rings is 1. The molecule has 2 aromatic rings. The van der Waals surface area contributed by atoms with Gasteiger partial charge in [-0.3, -0.25) is 14.4 Å². The number of piperazine rings is 1. The number of carbonyl (C=O) groups excluding carboxylic acids is 3. The van der Waals surface area contributed by atoms with E-state index < -0.39 is 6.04 Å². The van der Waals surface area contributed by atoms with Crippen LogP contribution in [0.2, 0.25) is 0 Å². The lowest BCUT2D eigenvalue weighted by molar-refractivity contribution is -0.131. The molecule has 26 heavy (non-hydrogen) atoms. The predicted octanol–water partition coefficient (Wildman–Crippen LogP) is 2.33. The fourth-order valence-corrected chi connectivity index (χ4v) is 3.82. The predicted molar refractivity (Wildman–Crippen MR) is 101 cm³/mol. The van der Waals surface area contributed by atoms with Gasteiger partial charge in [-0.25, -0.2) is 0 Å². The number of hydrogen-bond acceptors (Lipinski definition) is 4. The first-order chi connectivity index (χ1) is 12.4. The zero-order chi connectivity index (χ0) is 18.7. The molecule has 0 spiro atoms. The Morgan fingerprint density at radius 1 is 1.27 bits per heavy atom. The number of benzene rings is 1. The molecule has 1 aliphatic rings. The SMILES string of the molecule is Cc1cc(C)cc(NC(=O)CC2C(=O)NCCN2C(=O)c2cccs2)c1. The van der Waals surface area contributed by atoms with Crippen LogP contribution in [0, 0.1) is 13.8 Å². The summed E-state index contributed by atoms with van der Waals surface area (Å²) in [5.74, 6) is -0.795. The second kappa shape index (κ2) is 7.70. The summed E-state index contributed by atoms with van der Waals surface area (Å²) in [4.78, 5) is 39.5. The Morgan fingerprint density at radius 3 is 2.65 bits per heavy atom. The molecule has 3 amide bonds. The highest BCUT2D eigenvalue weighted by Gasteiger charge is 2.35. The van der Waals surface area contributed by atoms with Gasteiger partial charge in [-0.1, -0.05) is 12.1 Å². The van der Waals surface area contributed by atoms with Gasteiger partial charge in [0, 0.05) is 18.8 Å². The Labute approximate surface area is 156 Å². The molecule has 6 nitrogen and oxygen atoms in total. The van der Waals surface area contributed by atoms with E-state index in [0.29, 0.717) is 23.7 Å². The minimum Gasteiger partial charge on any atom is -0.353 e. The van der Waals surface area contributed by atoms with Crippen LogP contribution in [-0.2, 0) is 9.59 Å². The van der Waals surface area contributed by atoms with Crippen LogP contribution >= 0.6 is 11.3 Å². The Hall–Kier alpha value is -2.67. The van der Waals surface area contributed by atoms with Gasteiger partial charge in [0.1, 0.15) is 6.04 Å². The number of nitrogens with one attached hydrogen (secondary N) is 2. The van der Waals surface area contributed by atoms with Crippen LogP contribution in [0.15, 0.2) is 35.7 Å². The third-order valence-electron chi connectivity index (χ3n) is 4.21. The number of carbonyl (C=O) groups is 3. The fourth-order valence-electron chi connectivity index (χ4n) is 3.14. The molecule has 7 heteroatoms. The number of nitrogens with zero attached hydrogens (tertiary/aromatic N) is 1. The Balaban J connectivity index is 1.73. The van der Waals surface area contributed by atoms with E-state index in [4.69, 9.17) is 0 Å². The average molecular weight is 371 g/mol. The topological polar surface area (TPSA) is 78.5 Å². The number of rotatable bonds is 4. The molecule has 0 aliphatic carbocycles. The molecule has 1 saturated heterocycles. The van der Waals surface area contributed by atoms with Gasteiger partial charge in [0.2, 0.25) is 11.8 Å². The van der Waals surface area contributed by atoms with Crippen LogP contribution in [0.25, 0.3) is 0 Å². The standard InChI is InChI=1S/C19H21N3O3S/c1-12-8-13(2)10-14(9-12)21-17(23)11-15-18(24)20-5-6-22(15)19(25)16-4-3-7-26-16/h3-4,7-10,15H,5-6,11H2,1-2H3,(H,20,24)(H,21,23). The molecule has 0 radical (unpaired) electrons. The second-order valence-corrected chi connectivity index (χ2v) is 7.36. The molecule has 1 atom stereocenters. The molecule has 2 heterocycles. The van der Waals surface area contributed by atoms with Crippen LogP contribution in [0.3, 0.4) is 0 Å². The monoisotopic (exact) mass is 371 g/mol. The van der Waals surface area contributed by atoms with E-state index in [0.717, 1.165) is 11.1 Å². The maximum Gasteiger partial charge on any atom is 0.264 e. The molecule has 1 aromatic heterocycles. The van der Waals surface area contributed by atoms with Crippen molar-refractivity contribution in [2.24, 2.45) is 0 Å². The number of hydrogen-bond donors (Lipinski definition) is 2. The normalized spacial score (nSPS) is 16.9. The van der Waals surface area contributed by atoms with Crippen molar-refractivity contribution in [1.29, 1.82) is 0 Å². The lowest BCUT2D eigenvalue weighted by atomic mass is 10.1. The van der Waals surface area contributed by atoms with Crippen molar-refractivity contribution in [2.75, 3.05) is 18.4 Å². The number of aryl methyl sites for hydroxylation is 2. The van der Waals surface area contributed by atoms with E-state index in [1.165, 1.54) is 16.2 Å². The molecule has 0 saturated carbocycles. The van der Waals surface area contributed by atoms with E-state index in [1.54, 1.807) is 12.1 Å². The summed E-state index contributed by atoms with van der Waals surface area (Å²) in [5, 5.41) is 7.39. The number of amides is 3. The first-order valence-corrected chi connectivity index (χ1v) is 9.32. The molecule has 1 aliphatic heterocycles. The van der Waals surface area contributed by atoms with Gasteiger partial charge >= 0.3 is 0 Å². The summed E-state index contributed by atoms with van der Waals surface area (Å²) in [6.45, 7) is 4.70. The highest BCUT2D eigenvalue weighted by atomic mass is 32.1. The van der Waals surface area contributed by atoms with E-state index in [9.17, 15) is 14.4 Å². The van der Waals surface area contributed by atoms with Gasteiger partial charge in [-0.2, -0.15) is 0 Å². The summed E-state index contributed by atoms with van der Waals surface area (Å²) in [6, 6.07) is 8.49. The molecule has 1 fully saturated rings. The Bertz CT molecular complexity index is 812. The summed E-state index contributed by atoms with van der Waals surface area (Å²) in [5.41, 5.74) is 2.79. The van der Waals surface area contributed by atoms with Gasteiger partial charge in [0.05, 0.1) is 11.3 Å². The van der Waals surface area contributed by atoms with E-state index >= 15 is 0 Å². The molecule has 1 unspecified atom stereocenters. The van der Waals surface area contributed by atoms with Crippen LogP contribution in [0.1, 0.15) is 27.2 Å². The summed E-state index contributed by atoms with van der Waals surface area (Å²) < 4.78 is 0. The van der Waals surface area contributed by atoms with Crippen LogP contribution in [0.4, 0.5) is 5.69 Å². The minimum atomic E-state index is -0.802. The smallest absolute Gasteiger partial charge is 0.264 e. The van der Waals surface area contributed by atoms with Crippen molar-refractivity contribution in [1.82, 2.24) is 10.2 Å². The molecule has 0 bridgehead atoms. The zero-order valence-corrected chi connectivity index (χ0v) is 15.6. The van der Waals surface area contributed by atoms with Crippen molar-refractivity contribution < 1.29 is 14.4 Å². The Kier molecular flexibility index (Phi) is 5.37. The average Bonchev–Trinajstić information content (AvgIpc) is 3.09. The minimum absolute atomic E-state index is 0.0735. The van der Waals surface area contributed by atoms with E-state index in [-0.39, 0.29) is 24.1 Å². The maximum atomic E-state index is 12.7. The first kappa shape index (κ1) is 18.1. The second-order valence-electron chi connectivity index (χ2n) is 6.41. The zero-order valence-electron chi connectivity index (χ0n) is 14.7. The largest absolute Gasteiger partial charge is 0.353 e. The van der Waals surface area contributed by atoms with Crippen molar-refractivity contribution in [3.8, 4) is 0 Å². The van der Waals surface area contributed by atoms with Gasteiger partial charge in [-0.05, 0) is 48.6 Å². The van der Waals surface area contributed by atoms with Gasteiger partial charge in [0.15, 0.2) is 0 Å². The number of anilines is 1. The van der Waals surface area contributed by atoms with Crippen molar-refractivity contribution in [3.63, 3.8) is 0 Å². The highest BCUT2D eigenvalue weighted by Crippen LogP contribution is 2.19. The van der Waals surface area contributed by atoms with Crippen LogP contribution < -0.4 is 10.6 Å². The molecular formula is C19H21N3O3S. The van der Waals surface area contributed by atoms with Crippen molar-refractivity contribution >= 4 is 34.7 Å². The van der Waals surface area contributed by atoms with E-state index in [1.807, 2.05) is 37.4 Å². The first-order valence-electron chi connectivity index (χ1n) is 8.44. The lowest BCUT2D eigenvalue weighted by Crippen LogP contribution is -2.58. The fraction of sp³-hybridized carbons (Fsp3) is 0.316. The lowest BCUT2D eigenvalue weighted by Gasteiger charge is -2.34.